The van der Waals surface area contributed by atoms with Gasteiger partial charge in [-0.2, -0.15) is 5.10 Å². The Morgan fingerprint density at radius 2 is 2.24 bits per heavy atom. The maximum Gasteiger partial charge on any atom is 0.339 e. The molecule has 0 amide bonds. The van der Waals surface area contributed by atoms with Crippen LogP contribution in [0.1, 0.15) is 36.3 Å². The van der Waals surface area contributed by atoms with Crippen LogP contribution in [-0.4, -0.2) is 39.3 Å². The smallest absolute Gasteiger partial charge is 0.339 e. The quantitative estimate of drug-likeness (QED) is 0.819. The minimum Gasteiger partial charge on any atom is -0.478 e. The summed E-state index contributed by atoms with van der Waals surface area (Å²) >= 11 is 0. The molecule has 0 unspecified atom stereocenters. The number of hydrogen-bond acceptors (Lipinski definition) is 3. The molecule has 0 atom stereocenters. The Hall–Kier alpha value is -1.36. The second kappa shape index (κ2) is 5.82. The van der Waals surface area contributed by atoms with Gasteiger partial charge in [0.15, 0.2) is 0 Å². The van der Waals surface area contributed by atoms with Crippen LogP contribution >= 0.6 is 0 Å². The zero-order chi connectivity index (χ0) is 13.0. The maximum absolute atomic E-state index is 11.0. The fraction of sp³-hybridized carbons (Fsp3) is 0.667. The highest BCUT2D eigenvalue weighted by Crippen LogP contribution is 2.11. The average Bonchev–Trinajstić information content (AvgIpc) is 2.58. The molecule has 1 rings (SSSR count). The molecule has 0 aliphatic rings. The summed E-state index contributed by atoms with van der Waals surface area (Å²) in [6.07, 6.45) is 2.52. The number of carbonyl (C=O) groups is 1. The van der Waals surface area contributed by atoms with Crippen LogP contribution in [0.15, 0.2) is 6.20 Å². The van der Waals surface area contributed by atoms with Gasteiger partial charge in [-0.25, -0.2) is 4.79 Å². The highest BCUT2D eigenvalue weighted by atomic mass is 16.4. The zero-order valence-corrected chi connectivity index (χ0v) is 11.0. The summed E-state index contributed by atoms with van der Waals surface area (Å²) in [4.78, 5) is 13.1. The summed E-state index contributed by atoms with van der Waals surface area (Å²) in [6.45, 7) is 5.94. The first-order chi connectivity index (χ1) is 7.91. The molecular formula is C12H21N3O2. The molecule has 0 saturated heterocycles. The monoisotopic (exact) mass is 239 g/mol. The maximum atomic E-state index is 11.0. The van der Waals surface area contributed by atoms with E-state index in [0.29, 0.717) is 18.0 Å². The summed E-state index contributed by atoms with van der Waals surface area (Å²) < 4.78 is 1.63. The van der Waals surface area contributed by atoms with Crippen molar-refractivity contribution in [3.63, 3.8) is 0 Å². The average molecular weight is 239 g/mol. The minimum absolute atomic E-state index is 0.295. The van der Waals surface area contributed by atoms with E-state index < -0.39 is 5.97 Å². The van der Waals surface area contributed by atoms with E-state index in [1.807, 2.05) is 7.05 Å². The third kappa shape index (κ3) is 3.85. The number of carboxylic acid groups (broad SMARTS) is 1. The van der Waals surface area contributed by atoms with Gasteiger partial charge >= 0.3 is 5.97 Å². The van der Waals surface area contributed by atoms with Crippen LogP contribution in [0.2, 0.25) is 0 Å². The lowest BCUT2D eigenvalue weighted by molar-refractivity contribution is 0.0694. The summed E-state index contributed by atoms with van der Waals surface area (Å²) in [5.41, 5.74) is 1.05. The van der Waals surface area contributed by atoms with Gasteiger partial charge in [0.2, 0.25) is 0 Å². The Kier molecular flexibility index (Phi) is 4.69. The number of aromatic carboxylic acids is 1. The first-order valence-corrected chi connectivity index (χ1v) is 5.84. The third-order valence-electron chi connectivity index (χ3n) is 2.80. The van der Waals surface area contributed by atoms with Crippen molar-refractivity contribution in [2.24, 2.45) is 13.0 Å². The molecule has 0 aliphatic carbocycles. The highest BCUT2D eigenvalue weighted by molar-refractivity contribution is 5.88. The molecule has 1 aromatic heterocycles. The predicted octanol–water partition coefficient (Wildman–Crippen LogP) is 1.60. The van der Waals surface area contributed by atoms with E-state index in [0.717, 1.165) is 18.7 Å². The molecule has 0 aromatic carbocycles. The van der Waals surface area contributed by atoms with E-state index in [4.69, 9.17) is 5.11 Å². The molecule has 0 bridgehead atoms. The molecule has 0 aliphatic heterocycles. The standard InChI is InChI=1S/C12H21N3O2/c1-9(2)5-6-14(3)8-11-10(12(16)17)7-13-15(11)4/h7,9H,5-6,8H2,1-4H3,(H,16,17). The van der Waals surface area contributed by atoms with Gasteiger partial charge < -0.3 is 10.0 Å². The SMILES string of the molecule is CC(C)CCN(C)Cc1c(C(=O)O)cnn1C. The second-order valence-electron chi connectivity index (χ2n) is 4.85. The van der Waals surface area contributed by atoms with Crippen LogP contribution in [0.25, 0.3) is 0 Å². The van der Waals surface area contributed by atoms with Gasteiger partial charge in [-0.05, 0) is 25.9 Å². The minimum atomic E-state index is -0.912. The van der Waals surface area contributed by atoms with Crippen LogP contribution < -0.4 is 0 Å². The fourth-order valence-corrected chi connectivity index (χ4v) is 1.64. The number of hydrogen-bond donors (Lipinski definition) is 1. The Morgan fingerprint density at radius 3 is 2.76 bits per heavy atom. The third-order valence-corrected chi connectivity index (χ3v) is 2.80. The van der Waals surface area contributed by atoms with Gasteiger partial charge in [-0.15, -0.1) is 0 Å². The van der Waals surface area contributed by atoms with E-state index in [1.165, 1.54) is 6.20 Å². The number of aryl methyl sites for hydroxylation is 1. The topological polar surface area (TPSA) is 58.4 Å². The van der Waals surface area contributed by atoms with E-state index in [-0.39, 0.29) is 0 Å². The van der Waals surface area contributed by atoms with Crippen molar-refractivity contribution in [3.05, 3.63) is 17.5 Å². The van der Waals surface area contributed by atoms with Gasteiger partial charge in [-0.1, -0.05) is 13.8 Å². The second-order valence-corrected chi connectivity index (χ2v) is 4.85. The lowest BCUT2D eigenvalue weighted by atomic mass is 10.1. The van der Waals surface area contributed by atoms with Gasteiger partial charge in [0.25, 0.3) is 0 Å². The summed E-state index contributed by atoms with van der Waals surface area (Å²) in [6, 6.07) is 0. The summed E-state index contributed by atoms with van der Waals surface area (Å²) in [5.74, 6) is -0.256. The largest absolute Gasteiger partial charge is 0.478 e. The molecule has 0 fully saturated rings. The number of carboxylic acids is 1. The lowest BCUT2D eigenvalue weighted by Crippen LogP contribution is -2.23. The van der Waals surface area contributed by atoms with Gasteiger partial charge in [-0.3, -0.25) is 4.68 Å². The molecular weight excluding hydrogens is 218 g/mol. The molecule has 1 N–H and O–H groups in total. The van der Waals surface area contributed by atoms with Crippen molar-refractivity contribution in [2.75, 3.05) is 13.6 Å². The first-order valence-electron chi connectivity index (χ1n) is 5.84. The van der Waals surface area contributed by atoms with E-state index in [9.17, 15) is 4.79 Å². The van der Waals surface area contributed by atoms with E-state index >= 15 is 0 Å². The van der Waals surface area contributed by atoms with Crippen LogP contribution in [0.5, 0.6) is 0 Å². The summed E-state index contributed by atoms with van der Waals surface area (Å²) in [5, 5.41) is 13.0. The van der Waals surface area contributed by atoms with E-state index in [1.54, 1.807) is 11.7 Å². The molecule has 5 nitrogen and oxygen atoms in total. The van der Waals surface area contributed by atoms with Crippen LogP contribution in [0.3, 0.4) is 0 Å². The van der Waals surface area contributed by atoms with Crippen molar-refractivity contribution < 1.29 is 9.90 Å². The number of nitrogens with zero attached hydrogens (tertiary/aromatic N) is 3. The Morgan fingerprint density at radius 1 is 1.59 bits per heavy atom. The van der Waals surface area contributed by atoms with E-state index in [2.05, 4.69) is 23.8 Å². The molecule has 1 aromatic rings. The van der Waals surface area contributed by atoms with Crippen LogP contribution in [0, 0.1) is 5.92 Å². The molecule has 0 saturated carbocycles. The van der Waals surface area contributed by atoms with Gasteiger partial charge in [0.1, 0.15) is 5.56 Å². The number of aromatic nitrogens is 2. The molecule has 1 heterocycles. The first kappa shape index (κ1) is 13.7. The van der Waals surface area contributed by atoms with Crippen LogP contribution in [-0.2, 0) is 13.6 Å². The van der Waals surface area contributed by atoms with Gasteiger partial charge in [0, 0.05) is 13.6 Å². The van der Waals surface area contributed by atoms with Gasteiger partial charge in [0.05, 0.1) is 11.9 Å². The van der Waals surface area contributed by atoms with Crippen molar-refractivity contribution >= 4 is 5.97 Å². The molecule has 17 heavy (non-hydrogen) atoms. The molecule has 5 heteroatoms. The highest BCUT2D eigenvalue weighted by Gasteiger charge is 2.16. The Bertz CT molecular complexity index is 385. The number of rotatable bonds is 6. The predicted molar refractivity (Wildman–Crippen MR) is 66.0 cm³/mol. The van der Waals surface area contributed by atoms with Crippen molar-refractivity contribution in [1.29, 1.82) is 0 Å². The normalized spacial score (nSPS) is 11.4. The summed E-state index contributed by atoms with van der Waals surface area (Å²) in [7, 11) is 3.78. The van der Waals surface area contributed by atoms with Crippen LogP contribution in [0.4, 0.5) is 0 Å². The Labute approximate surface area is 102 Å². The lowest BCUT2D eigenvalue weighted by Gasteiger charge is -2.18. The molecule has 0 spiro atoms. The Balaban J connectivity index is 2.67. The molecule has 96 valence electrons. The van der Waals surface area contributed by atoms with Crippen molar-refractivity contribution in [1.82, 2.24) is 14.7 Å². The van der Waals surface area contributed by atoms with Crippen molar-refractivity contribution in [3.8, 4) is 0 Å². The molecule has 0 radical (unpaired) electrons. The fourth-order valence-electron chi connectivity index (χ4n) is 1.64. The zero-order valence-electron chi connectivity index (χ0n) is 11.0. The van der Waals surface area contributed by atoms with Crippen molar-refractivity contribution in [2.45, 2.75) is 26.8 Å².